The number of rotatable bonds is 3. The van der Waals surface area contributed by atoms with Gasteiger partial charge in [0.05, 0.1) is 17.9 Å². The molecule has 7 nitrogen and oxygen atoms in total. The van der Waals surface area contributed by atoms with Crippen molar-refractivity contribution in [2.75, 3.05) is 5.32 Å². The highest BCUT2D eigenvalue weighted by molar-refractivity contribution is 5.97. The Labute approximate surface area is 114 Å². The molecule has 4 N–H and O–H groups in total. The molecule has 1 amide bonds. The second-order valence-electron chi connectivity index (χ2n) is 4.59. The van der Waals surface area contributed by atoms with Crippen molar-refractivity contribution in [3.05, 3.63) is 42.4 Å². The van der Waals surface area contributed by atoms with Crippen LogP contribution in [0.4, 0.5) is 5.69 Å². The zero-order valence-corrected chi connectivity index (χ0v) is 10.9. The molecule has 1 aromatic carbocycles. The molecule has 3 rings (SSSR count). The van der Waals surface area contributed by atoms with Crippen LogP contribution in [0.5, 0.6) is 0 Å². The summed E-state index contributed by atoms with van der Waals surface area (Å²) in [6, 6.07) is 4.76. The van der Waals surface area contributed by atoms with Gasteiger partial charge in [-0.3, -0.25) is 14.6 Å². The number of aromatic amines is 1. The van der Waals surface area contributed by atoms with Gasteiger partial charge in [0.2, 0.25) is 5.91 Å². The number of amides is 1. The molecule has 2 aromatic heterocycles. The Bertz CT molecular complexity index is 759. The molecule has 0 aliphatic rings. The summed E-state index contributed by atoms with van der Waals surface area (Å²) in [5.41, 5.74) is 8.11. The van der Waals surface area contributed by atoms with Gasteiger partial charge in [0.25, 0.3) is 0 Å². The maximum absolute atomic E-state index is 12.1. The maximum atomic E-state index is 12.1. The number of nitrogens with one attached hydrogen (secondary N) is 2. The molecule has 0 aliphatic heterocycles. The van der Waals surface area contributed by atoms with Crippen LogP contribution in [0.1, 0.15) is 11.6 Å². The van der Waals surface area contributed by atoms with Crippen LogP contribution in [-0.4, -0.2) is 25.9 Å². The number of carbonyl (C=O) groups excluding carboxylic acids is 1. The number of H-pyrrole nitrogens is 1. The Morgan fingerprint density at radius 2 is 2.30 bits per heavy atom. The lowest BCUT2D eigenvalue weighted by Crippen LogP contribution is -2.27. The number of hydrogen-bond acceptors (Lipinski definition) is 4. The summed E-state index contributed by atoms with van der Waals surface area (Å²) >= 11 is 0. The summed E-state index contributed by atoms with van der Waals surface area (Å²) in [5.74, 6) is -0.281. The lowest BCUT2D eigenvalue weighted by molar-refractivity contribution is -0.117. The van der Waals surface area contributed by atoms with Crippen molar-refractivity contribution in [2.45, 2.75) is 6.04 Å². The van der Waals surface area contributed by atoms with Crippen LogP contribution in [0.15, 0.2) is 36.8 Å². The fraction of sp³-hybridized carbons (Fsp3) is 0.154. The van der Waals surface area contributed by atoms with Crippen molar-refractivity contribution in [1.29, 1.82) is 0 Å². The third kappa shape index (κ3) is 2.26. The summed E-state index contributed by atoms with van der Waals surface area (Å²) in [6.45, 7) is 0. The van der Waals surface area contributed by atoms with Gasteiger partial charge in [0.15, 0.2) is 0 Å². The molecule has 2 heterocycles. The van der Waals surface area contributed by atoms with Crippen molar-refractivity contribution in [2.24, 2.45) is 12.8 Å². The second kappa shape index (κ2) is 4.78. The van der Waals surface area contributed by atoms with Crippen molar-refractivity contribution < 1.29 is 4.79 Å². The molecule has 0 fully saturated rings. The Balaban J connectivity index is 1.77. The SMILES string of the molecule is Cn1cc(C(N)C(=O)Nc2ccc3cn[nH]c3c2)cn1. The zero-order valence-electron chi connectivity index (χ0n) is 10.9. The minimum atomic E-state index is -0.749. The number of nitrogens with two attached hydrogens (primary N) is 1. The van der Waals surface area contributed by atoms with Gasteiger partial charge in [-0.25, -0.2) is 0 Å². The molecule has 20 heavy (non-hydrogen) atoms. The Hall–Kier alpha value is -2.67. The standard InChI is InChI=1S/C13H14N6O/c1-19-7-9(6-16-19)12(14)13(20)17-10-3-2-8-5-15-18-11(8)4-10/h2-7,12H,14H2,1H3,(H,15,18)(H,17,20). The van der Waals surface area contributed by atoms with E-state index in [9.17, 15) is 4.79 Å². The number of anilines is 1. The average Bonchev–Trinajstić information content (AvgIpc) is 3.05. The van der Waals surface area contributed by atoms with Gasteiger partial charge in [-0.05, 0) is 18.2 Å². The minimum Gasteiger partial charge on any atom is -0.324 e. The number of benzene rings is 1. The lowest BCUT2D eigenvalue weighted by atomic mass is 10.1. The number of nitrogens with zero attached hydrogens (tertiary/aromatic N) is 3. The lowest BCUT2D eigenvalue weighted by Gasteiger charge is -2.10. The summed E-state index contributed by atoms with van der Waals surface area (Å²) in [4.78, 5) is 12.1. The van der Waals surface area contributed by atoms with Crippen LogP contribution in [0.2, 0.25) is 0 Å². The van der Waals surface area contributed by atoms with Crippen molar-refractivity contribution in [3.8, 4) is 0 Å². The van der Waals surface area contributed by atoms with Crippen LogP contribution in [-0.2, 0) is 11.8 Å². The van der Waals surface area contributed by atoms with E-state index >= 15 is 0 Å². The topological polar surface area (TPSA) is 102 Å². The smallest absolute Gasteiger partial charge is 0.246 e. The predicted octanol–water partition coefficient (Wildman–Crippen LogP) is 0.935. The second-order valence-corrected chi connectivity index (χ2v) is 4.59. The molecule has 0 bridgehead atoms. The van der Waals surface area contributed by atoms with Gasteiger partial charge >= 0.3 is 0 Å². The zero-order chi connectivity index (χ0) is 14.1. The first-order valence-electron chi connectivity index (χ1n) is 6.11. The normalized spacial score (nSPS) is 12.5. The number of aromatic nitrogens is 4. The molecular formula is C13H14N6O. The van der Waals surface area contributed by atoms with E-state index in [1.165, 1.54) is 0 Å². The van der Waals surface area contributed by atoms with Gasteiger partial charge in [-0.1, -0.05) is 0 Å². The van der Waals surface area contributed by atoms with E-state index in [0.717, 1.165) is 10.9 Å². The molecule has 0 saturated heterocycles. The molecule has 0 spiro atoms. The molecule has 0 aliphatic carbocycles. The molecule has 102 valence electrons. The number of fused-ring (bicyclic) bond motifs is 1. The molecule has 1 unspecified atom stereocenters. The summed E-state index contributed by atoms with van der Waals surface area (Å²) in [5, 5.41) is 14.6. The third-order valence-corrected chi connectivity index (χ3v) is 3.08. The molecule has 0 radical (unpaired) electrons. The first-order valence-corrected chi connectivity index (χ1v) is 6.11. The van der Waals surface area contributed by atoms with E-state index in [-0.39, 0.29) is 5.91 Å². The fourth-order valence-electron chi connectivity index (χ4n) is 1.99. The first-order chi connectivity index (χ1) is 9.63. The van der Waals surface area contributed by atoms with Gasteiger partial charge in [0, 0.05) is 29.9 Å². The first kappa shape index (κ1) is 12.4. The Kier molecular flexibility index (Phi) is 2.96. The summed E-state index contributed by atoms with van der Waals surface area (Å²) in [7, 11) is 1.78. The highest BCUT2D eigenvalue weighted by Crippen LogP contribution is 2.18. The fourth-order valence-corrected chi connectivity index (χ4v) is 1.99. The van der Waals surface area contributed by atoms with E-state index < -0.39 is 6.04 Å². The molecule has 3 aromatic rings. The van der Waals surface area contributed by atoms with Crippen molar-refractivity contribution >= 4 is 22.5 Å². The van der Waals surface area contributed by atoms with Crippen LogP contribution in [0.25, 0.3) is 10.9 Å². The number of carbonyl (C=O) groups is 1. The van der Waals surface area contributed by atoms with Crippen molar-refractivity contribution in [3.63, 3.8) is 0 Å². The highest BCUT2D eigenvalue weighted by atomic mass is 16.2. The molecule has 7 heteroatoms. The molecular weight excluding hydrogens is 256 g/mol. The van der Waals surface area contributed by atoms with E-state index in [4.69, 9.17) is 5.73 Å². The minimum absolute atomic E-state index is 0.281. The Morgan fingerprint density at radius 3 is 3.05 bits per heavy atom. The quantitative estimate of drug-likeness (QED) is 0.659. The van der Waals surface area contributed by atoms with E-state index in [0.29, 0.717) is 11.3 Å². The molecule has 0 saturated carbocycles. The maximum Gasteiger partial charge on any atom is 0.246 e. The number of aryl methyl sites for hydroxylation is 1. The predicted molar refractivity (Wildman–Crippen MR) is 74.9 cm³/mol. The van der Waals surface area contributed by atoms with Crippen molar-refractivity contribution in [1.82, 2.24) is 20.0 Å². The van der Waals surface area contributed by atoms with Crippen LogP contribution in [0.3, 0.4) is 0 Å². The van der Waals surface area contributed by atoms with E-state index in [1.54, 1.807) is 30.3 Å². The largest absolute Gasteiger partial charge is 0.324 e. The monoisotopic (exact) mass is 270 g/mol. The van der Waals surface area contributed by atoms with E-state index in [2.05, 4.69) is 20.6 Å². The summed E-state index contributed by atoms with van der Waals surface area (Å²) in [6.07, 6.45) is 5.03. The Morgan fingerprint density at radius 1 is 1.45 bits per heavy atom. The highest BCUT2D eigenvalue weighted by Gasteiger charge is 2.17. The van der Waals surface area contributed by atoms with Gasteiger partial charge in [-0.15, -0.1) is 0 Å². The van der Waals surface area contributed by atoms with Gasteiger partial charge in [0.1, 0.15) is 6.04 Å². The van der Waals surface area contributed by atoms with Crippen LogP contribution in [0, 0.1) is 0 Å². The van der Waals surface area contributed by atoms with Gasteiger partial charge in [-0.2, -0.15) is 10.2 Å². The number of hydrogen-bond donors (Lipinski definition) is 3. The van der Waals surface area contributed by atoms with Gasteiger partial charge < -0.3 is 11.1 Å². The van der Waals surface area contributed by atoms with Crippen LogP contribution >= 0.6 is 0 Å². The van der Waals surface area contributed by atoms with E-state index in [1.807, 2.05) is 18.2 Å². The third-order valence-electron chi connectivity index (χ3n) is 3.08. The average molecular weight is 270 g/mol. The summed E-state index contributed by atoms with van der Waals surface area (Å²) < 4.78 is 1.61. The molecule has 1 atom stereocenters. The van der Waals surface area contributed by atoms with Crippen LogP contribution < -0.4 is 11.1 Å².